The van der Waals surface area contributed by atoms with Crippen molar-refractivity contribution >= 4 is 24.4 Å². The summed E-state index contributed by atoms with van der Waals surface area (Å²) in [4.78, 5) is 14.7. The Kier molecular flexibility index (Phi) is 9.72. The summed E-state index contributed by atoms with van der Waals surface area (Å²) in [6.45, 7) is 4.70. The molecule has 4 rings (SSSR count). The van der Waals surface area contributed by atoms with Crippen molar-refractivity contribution in [3.8, 4) is 28.4 Å². The molecule has 1 aliphatic heterocycles. The second kappa shape index (κ2) is 12.9. The Labute approximate surface area is 211 Å². The second-order valence-electron chi connectivity index (χ2n) is 7.86. The predicted octanol–water partition coefficient (Wildman–Crippen LogP) is 3.44. The van der Waals surface area contributed by atoms with Crippen LogP contribution in [0.4, 0.5) is 0 Å². The first kappa shape index (κ1) is 26.3. The van der Waals surface area contributed by atoms with Gasteiger partial charge in [0, 0.05) is 49.6 Å². The maximum Gasteiger partial charge on any atom is 0.244 e. The van der Waals surface area contributed by atoms with Gasteiger partial charge < -0.3 is 19.5 Å². The van der Waals surface area contributed by atoms with Gasteiger partial charge in [0.05, 0.1) is 33.1 Å². The van der Waals surface area contributed by atoms with Crippen molar-refractivity contribution in [1.29, 1.82) is 0 Å². The van der Waals surface area contributed by atoms with Crippen LogP contribution in [-0.2, 0) is 9.53 Å². The molecule has 8 nitrogen and oxygen atoms in total. The molecular formula is C26H31ClN4O4. The molecule has 35 heavy (non-hydrogen) atoms. The van der Waals surface area contributed by atoms with Crippen LogP contribution in [0, 0.1) is 0 Å². The van der Waals surface area contributed by atoms with Gasteiger partial charge in [-0.15, -0.1) is 12.4 Å². The van der Waals surface area contributed by atoms with E-state index in [0.717, 1.165) is 55.4 Å². The standard InChI is InChI=1S/C26H30N4O4.ClH/c1-32-23-10-8-20(18-24(23)33-2)26-21(19-30(28-26)22-6-4-3-5-7-22)9-11-25(31)27-12-13-29-14-16-34-17-15-29;/h3-11,18-19H,12-17H2,1-2H3,(H,27,31);1H. The fourth-order valence-corrected chi connectivity index (χ4v) is 3.82. The smallest absolute Gasteiger partial charge is 0.244 e. The summed E-state index contributed by atoms with van der Waals surface area (Å²) in [5.41, 5.74) is 3.35. The van der Waals surface area contributed by atoms with Gasteiger partial charge in [0.15, 0.2) is 11.5 Å². The van der Waals surface area contributed by atoms with Gasteiger partial charge in [0.1, 0.15) is 5.69 Å². The number of benzene rings is 2. The number of carbonyl (C=O) groups excluding carboxylic acids is 1. The highest BCUT2D eigenvalue weighted by molar-refractivity contribution is 5.92. The lowest BCUT2D eigenvalue weighted by atomic mass is 10.1. The second-order valence-corrected chi connectivity index (χ2v) is 7.86. The maximum absolute atomic E-state index is 12.5. The van der Waals surface area contributed by atoms with Crippen molar-refractivity contribution in [3.05, 3.63) is 66.4 Å². The van der Waals surface area contributed by atoms with Gasteiger partial charge in [-0.2, -0.15) is 5.10 Å². The molecule has 186 valence electrons. The van der Waals surface area contributed by atoms with E-state index in [2.05, 4.69) is 10.2 Å². The van der Waals surface area contributed by atoms with Gasteiger partial charge in [-0.1, -0.05) is 18.2 Å². The van der Waals surface area contributed by atoms with E-state index in [1.54, 1.807) is 26.4 Å². The van der Waals surface area contributed by atoms with Crippen molar-refractivity contribution in [2.75, 3.05) is 53.6 Å². The molecule has 0 saturated carbocycles. The monoisotopic (exact) mass is 498 g/mol. The van der Waals surface area contributed by atoms with Crippen LogP contribution in [0.2, 0.25) is 0 Å². The number of hydrogen-bond donors (Lipinski definition) is 1. The lowest BCUT2D eigenvalue weighted by Gasteiger charge is -2.26. The molecule has 1 fully saturated rings. The van der Waals surface area contributed by atoms with E-state index in [0.29, 0.717) is 18.0 Å². The molecule has 2 heterocycles. The van der Waals surface area contributed by atoms with E-state index < -0.39 is 0 Å². The van der Waals surface area contributed by atoms with Gasteiger partial charge >= 0.3 is 0 Å². The molecular weight excluding hydrogens is 468 g/mol. The molecule has 3 aromatic rings. The Bertz CT molecular complexity index is 1130. The Morgan fingerprint density at radius 3 is 2.54 bits per heavy atom. The molecule has 9 heteroatoms. The number of nitrogens with zero attached hydrogens (tertiary/aromatic N) is 3. The number of ether oxygens (including phenoxy) is 3. The van der Waals surface area contributed by atoms with Gasteiger partial charge in [-0.05, 0) is 36.4 Å². The maximum atomic E-state index is 12.5. The van der Waals surface area contributed by atoms with Crippen LogP contribution in [-0.4, -0.2) is 74.2 Å². The number of para-hydroxylation sites is 1. The number of aromatic nitrogens is 2. The number of nitrogens with one attached hydrogen (secondary N) is 1. The molecule has 2 aromatic carbocycles. The number of methoxy groups -OCH3 is 2. The third kappa shape index (κ3) is 6.85. The Hall–Kier alpha value is -3.33. The third-order valence-electron chi connectivity index (χ3n) is 5.67. The van der Waals surface area contributed by atoms with Crippen molar-refractivity contribution < 1.29 is 19.0 Å². The van der Waals surface area contributed by atoms with Crippen LogP contribution in [0.25, 0.3) is 23.0 Å². The molecule has 0 bridgehead atoms. The van der Waals surface area contributed by atoms with Gasteiger partial charge in [-0.3, -0.25) is 9.69 Å². The van der Waals surface area contributed by atoms with E-state index in [-0.39, 0.29) is 18.3 Å². The lowest BCUT2D eigenvalue weighted by Crippen LogP contribution is -2.41. The zero-order valence-corrected chi connectivity index (χ0v) is 20.8. The summed E-state index contributed by atoms with van der Waals surface area (Å²) in [5.74, 6) is 1.12. The number of carbonyl (C=O) groups is 1. The summed E-state index contributed by atoms with van der Waals surface area (Å²) in [6, 6.07) is 15.5. The lowest BCUT2D eigenvalue weighted by molar-refractivity contribution is -0.116. The molecule has 0 unspecified atom stereocenters. The Balaban J connectivity index is 0.00000342. The SMILES string of the molecule is COc1ccc(-c2nn(-c3ccccc3)cc2C=CC(=O)NCCN2CCOCC2)cc1OC.Cl. The van der Waals surface area contributed by atoms with E-state index in [1.807, 2.05) is 59.4 Å². The van der Waals surface area contributed by atoms with Gasteiger partial charge in [0.2, 0.25) is 5.91 Å². The highest BCUT2D eigenvalue weighted by Gasteiger charge is 2.14. The first-order chi connectivity index (χ1) is 16.7. The van der Waals surface area contributed by atoms with Crippen LogP contribution in [0.1, 0.15) is 5.56 Å². The zero-order valence-electron chi connectivity index (χ0n) is 20.0. The largest absolute Gasteiger partial charge is 0.493 e. The highest BCUT2D eigenvalue weighted by Crippen LogP contribution is 2.33. The van der Waals surface area contributed by atoms with Crippen molar-refractivity contribution in [3.63, 3.8) is 0 Å². The molecule has 0 radical (unpaired) electrons. The Morgan fingerprint density at radius 2 is 1.83 bits per heavy atom. The van der Waals surface area contributed by atoms with E-state index >= 15 is 0 Å². The molecule has 0 atom stereocenters. The summed E-state index contributed by atoms with van der Waals surface area (Å²) in [7, 11) is 3.21. The molecule has 1 aliphatic rings. The fraction of sp³-hybridized carbons (Fsp3) is 0.308. The summed E-state index contributed by atoms with van der Waals surface area (Å²) in [5, 5.41) is 7.76. The Morgan fingerprint density at radius 1 is 1.09 bits per heavy atom. The minimum Gasteiger partial charge on any atom is -0.493 e. The number of rotatable bonds is 9. The van der Waals surface area contributed by atoms with Crippen molar-refractivity contribution in [2.45, 2.75) is 0 Å². The number of morpholine rings is 1. The molecule has 1 amide bonds. The first-order valence-corrected chi connectivity index (χ1v) is 11.3. The minimum atomic E-state index is -0.140. The minimum absolute atomic E-state index is 0. The fourth-order valence-electron chi connectivity index (χ4n) is 3.82. The average Bonchev–Trinajstić information content (AvgIpc) is 3.32. The molecule has 1 N–H and O–H groups in total. The summed E-state index contributed by atoms with van der Waals surface area (Å²) in [6.07, 6.45) is 5.26. The van der Waals surface area contributed by atoms with Crippen LogP contribution < -0.4 is 14.8 Å². The first-order valence-electron chi connectivity index (χ1n) is 11.3. The molecule has 0 aliphatic carbocycles. The van der Waals surface area contributed by atoms with Gasteiger partial charge in [-0.25, -0.2) is 4.68 Å². The quantitative estimate of drug-likeness (QED) is 0.455. The summed E-state index contributed by atoms with van der Waals surface area (Å²) < 4.78 is 18.0. The zero-order chi connectivity index (χ0) is 23.8. The van der Waals surface area contributed by atoms with Crippen LogP contribution in [0.3, 0.4) is 0 Å². The van der Waals surface area contributed by atoms with E-state index in [9.17, 15) is 4.79 Å². The summed E-state index contributed by atoms with van der Waals surface area (Å²) >= 11 is 0. The number of halogens is 1. The number of hydrogen-bond acceptors (Lipinski definition) is 6. The average molecular weight is 499 g/mol. The molecule has 0 spiro atoms. The predicted molar refractivity (Wildman–Crippen MR) is 139 cm³/mol. The highest BCUT2D eigenvalue weighted by atomic mass is 35.5. The third-order valence-corrected chi connectivity index (χ3v) is 5.67. The molecule has 1 aromatic heterocycles. The van der Waals surface area contributed by atoms with Crippen LogP contribution >= 0.6 is 12.4 Å². The van der Waals surface area contributed by atoms with Crippen molar-refractivity contribution in [2.24, 2.45) is 0 Å². The van der Waals surface area contributed by atoms with Gasteiger partial charge in [0.25, 0.3) is 0 Å². The van der Waals surface area contributed by atoms with Crippen molar-refractivity contribution in [1.82, 2.24) is 20.0 Å². The van der Waals surface area contributed by atoms with E-state index in [1.165, 1.54) is 0 Å². The molecule has 1 saturated heterocycles. The normalized spacial score (nSPS) is 13.9. The van der Waals surface area contributed by atoms with Crippen LogP contribution in [0.15, 0.2) is 60.8 Å². The van der Waals surface area contributed by atoms with Crippen LogP contribution in [0.5, 0.6) is 11.5 Å². The number of amides is 1. The van der Waals surface area contributed by atoms with E-state index in [4.69, 9.17) is 19.3 Å². The topological polar surface area (TPSA) is 77.9 Å².